The van der Waals surface area contributed by atoms with Gasteiger partial charge in [0.1, 0.15) is 11.4 Å². The summed E-state index contributed by atoms with van der Waals surface area (Å²) in [4.78, 5) is 22.3. The first-order chi connectivity index (χ1) is 16.2. The van der Waals surface area contributed by atoms with Crippen LogP contribution in [0.1, 0.15) is 70.3 Å². The minimum atomic E-state index is -4.60. The van der Waals surface area contributed by atoms with Crippen molar-refractivity contribution in [3.05, 3.63) is 23.9 Å². The molecule has 0 aromatic carbocycles. The third kappa shape index (κ3) is 4.29. The standard InChI is InChI=1S/C25H30F3N3O3/c1-2-14-3-7-18(8-4-14)34-20-13-29-23-19(22(20)25(26,27)28)9-10-21(30-23)31-16-5-6-17(31)12-15(11-16)24(32)33/h9-10,13-18H,2-8,11-12H2,1H3,(H,32,33). The fourth-order valence-electron chi connectivity index (χ4n) is 6.16. The Hall–Kier alpha value is -2.58. The van der Waals surface area contributed by atoms with Crippen molar-refractivity contribution in [2.24, 2.45) is 11.8 Å². The first kappa shape index (κ1) is 23.2. The Bertz CT molecular complexity index is 1050. The Morgan fingerprint density at radius 1 is 1.12 bits per heavy atom. The van der Waals surface area contributed by atoms with Crippen molar-refractivity contribution in [3.63, 3.8) is 0 Å². The molecule has 2 aromatic heterocycles. The lowest BCUT2D eigenvalue weighted by Gasteiger charge is -2.38. The first-order valence-electron chi connectivity index (χ1n) is 12.3. The molecule has 3 aliphatic rings. The third-order valence-electron chi connectivity index (χ3n) is 7.98. The molecule has 2 aromatic rings. The number of carboxylic acid groups (broad SMARTS) is 1. The molecule has 2 bridgehead atoms. The number of aromatic nitrogens is 2. The van der Waals surface area contributed by atoms with Crippen LogP contribution < -0.4 is 9.64 Å². The van der Waals surface area contributed by atoms with E-state index in [0.29, 0.717) is 24.6 Å². The predicted octanol–water partition coefficient (Wildman–Crippen LogP) is 5.83. The number of alkyl halides is 3. The summed E-state index contributed by atoms with van der Waals surface area (Å²) in [5, 5.41) is 9.35. The number of carboxylic acids is 1. The molecule has 2 aliphatic heterocycles. The van der Waals surface area contributed by atoms with Crippen molar-refractivity contribution in [1.82, 2.24) is 9.97 Å². The van der Waals surface area contributed by atoms with Gasteiger partial charge in [0.05, 0.1) is 18.2 Å². The second kappa shape index (κ2) is 8.89. The molecule has 3 fully saturated rings. The van der Waals surface area contributed by atoms with Gasteiger partial charge in [-0.2, -0.15) is 13.2 Å². The maximum atomic E-state index is 14.2. The topological polar surface area (TPSA) is 75.6 Å². The van der Waals surface area contributed by atoms with Crippen LogP contribution in [0.15, 0.2) is 18.3 Å². The Balaban J connectivity index is 1.44. The highest BCUT2D eigenvalue weighted by atomic mass is 19.4. The molecule has 1 aliphatic carbocycles. The smallest absolute Gasteiger partial charge is 0.420 e. The summed E-state index contributed by atoms with van der Waals surface area (Å²) in [6.07, 6.45) is 3.64. The number of hydrogen-bond donors (Lipinski definition) is 1. The van der Waals surface area contributed by atoms with Crippen LogP contribution in [0.25, 0.3) is 11.0 Å². The average Bonchev–Trinajstić information content (AvgIpc) is 3.07. The van der Waals surface area contributed by atoms with E-state index in [0.717, 1.165) is 44.9 Å². The molecule has 0 radical (unpaired) electrons. The minimum absolute atomic E-state index is 0.0339. The third-order valence-corrected chi connectivity index (χ3v) is 7.98. The van der Waals surface area contributed by atoms with E-state index < -0.39 is 17.7 Å². The number of rotatable bonds is 5. The van der Waals surface area contributed by atoms with Crippen molar-refractivity contribution in [1.29, 1.82) is 0 Å². The number of ether oxygens (including phenoxy) is 1. The number of nitrogens with zero attached hydrogens (tertiary/aromatic N) is 3. The summed E-state index contributed by atoms with van der Waals surface area (Å²) < 4.78 is 48.3. The van der Waals surface area contributed by atoms with E-state index in [9.17, 15) is 23.1 Å². The van der Waals surface area contributed by atoms with Crippen molar-refractivity contribution >= 4 is 22.8 Å². The molecule has 6 nitrogen and oxygen atoms in total. The predicted molar refractivity (Wildman–Crippen MR) is 121 cm³/mol. The van der Waals surface area contributed by atoms with Crippen LogP contribution in [0.2, 0.25) is 0 Å². The summed E-state index contributed by atoms with van der Waals surface area (Å²) >= 11 is 0. The van der Waals surface area contributed by atoms with Crippen molar-refractivity contribution in [2.45, 2.75) is 89.1 Å². The number of aliphatic carboxylic acids is 1. The Labute approximate surface area is 196 Å². The highest BCUT2D eigenvalue weighted by Crippen LogP contribution is 2.44. The SMILES string of the molecule is CCC1CCC(Oc2cnc3nc(N4C5CCC4CC(C(=O)O)C5)ccc3c2C(F)(F)F)CC1. The van der Waals surface area contributed by atoms with Crippen LogP contribution in [-0.4, -0.2) is 39.2 Å². The molecule has 1 N–H and O–H groups in total. The molecule has 0 spiro atoms. The van der Waals surface area contributed by atoms with E-state index in [4.69, 9.17) is 4.74 Å². The number of anilines is 1. The van der Waals surface area contributed by atoms with Gasteiger partial charge >= 0.3 is 12.1 Å². The van der Waals surface area contributed by atoms with E-state index in [-0.39, 0.29) is 40.9 Å². The minimum Gasteiger partial charge on any atom is -0.488 e. The van der Waals surface area contributed by atoms with Gasteiger partial charge in [-0.3, -0.25) is 4.79 Å². The van der Waals surface area contributed by atoms with Crippen LogP contribution >= 0.6 is 0 Å². The van der Waals surface area contributed by atoms with E-state index in [1.165, 1.54) is 12.3 Å². The number of fused-ring (bicyclic) bond motifs is 3. The van der Waals surface area contributed by atoms with Gasteiger partial charge in [-0.05, 0) is 69.4 Å². The Morgan fingerprint density at radius 2 is 1.79 bits per heavy atom. The van der Waals surface area contributed by atoms with Gasteiger partial charge in [0.2, 0.25) is 0 Å². The molecular weight excluding hydrogens is 447 g/mol. The van der Waals surface area contributed by atoms with Crippen LogP contribution in [-0.2, 0) is 11.0 Å². The zero-order chi connectivity index (χ0) is 24.0. The second-order valence-electron chi connectivity index (χ2n) is 10.0. The van der Waals surface area contributed by atoms with Gasteiger partial charge in [-0.15, -0.1) is 0 Å². The van der Waals surface area contributed by atoms with Crippen LogP contribution in [0.5, 0.6) is 5.75 Å². The highest BCUT2D eigenvalue weighted by molar-refractivity contribution is 5.83. The van der Waals surface area contributed by atoms with Gasteiger partial charge in [0.25, 0.3) is 0 Å². The monoisotopic (exact) mass is 477 g/mol. The molecule has 9 heteroatoms. The maximum absolute atomic E-state index is 14.2. The summed E-state index contributed by atoms with van der Waals surface area (Å²) in [6, 6.07) is 3.12. The normalized spacial score (nSPS) is 29.4. The van der Waals surface area contributed by atoms with Gasteiger partial charge < -0.3 is 14.7 Å². The first-order valence-corrected chi connectivity index (χ1v) is 12.3. The van der Waals surface area contributed by atoms with Crippen molar-refractivity contribution < 1.29 is 27.8 Å². The number of piperidine rings is 1. The van der Waals surface area contributed by atoms with Crippen LogP contribution in [0, 0.1) is 11.8 Å². The number of hydrogen-bond acceptors (Lipinski definition) is 5. The van der Waals surface area contributed by atoms with Crippen LogP contribution in [0.3, 0.4) is 0 Å². The summed E-state index contributed by atoms with van der Waals surface area (Å²) in [7, 11) is 0. The molecule has 2 saturated heterocycles. The van der Waals surface area contributed by atoms with Crippen molar-refractivity contribution in [2.75, 3.05) is 4.90 Å². The lowest BCUT2D eigenvalue weighted by atomic mass is 9.86. The summed E-state index contributed by atoms with van der Waals surface area (Å²) in [5.74, 6) is -0.200. The van der Waals surface area contributed by atoms with Crippen molar-refractivity contribution in [3.8, 4) is 5.75 Å². The molecule has 34 heavy (non-hydrogen) atoms. The van der Waals surface area contributed by atoms with Gasteiger partial charge in [0, 0.05) is 17.5 Å². The number of halogens is 3. The lowest BCUT2D eigenvalue weighted by molar-refractivity contribution is -0.143. The molecule has 2 unspecified atom stereocenters. The van der Waals surface area contributed by atoms with Gasteiger partial charge in [0.15, 0.2) is 11.4 Å². The van der Waals surface area contributed by atoms with Crippen LogP contribution in [0.4, 0.5) is 19.0 Å². The largest absolute Gasteiger partial charge is 0.488 e. The number of carbonyl (C=O) groups is 1. The zero-order valence-electron chi connectivity index (χ0n) is 19.2. The summed E-state index contributed by atoms with van der Waals surface area (Å²) in [6.45, 7) is 2.14. The van der Waals surface area contributed by atoms with E-state index in [2.05, 4.69) is 21.8 Å². The van der Waals surface area contributed by atoms with Gasteiger partial charge in [-0.25, -0.2) is 9.97 Å². The summed E-state index contributed by atoms with van der Waals surface area (Å²) in [5.41, 5.74) is -0.784. The van der Waals surface area contributed by atoms with E-state index >= 15 is 0 Å². The average molecular weight is 478 g/mol. The molecular formula is C25H30F3N3O3. The van der Waals surface area contributed by atoms with E-state index in [1.54, 1.807) is 6.07 Å². The molecule has 4 heterocycles. The fourth-order valence-corrected chi connectivity index (χ4v) is 6.16. The molecule has 184 valence electrons. The highest BCUT2D eigenvalue weighted by Gasteiger charge is 2.44. The van der Waals surface area contributed by atoms with Gasteiger partial charge in [-0.1, -0.05) is 13.3 Å². The Kier molecular flexibility index (Phi) is 6.06. The fraction of sp³-hybridized carbons (Fsp3) is 0.640. The quantitative estimate of drug-likeness (QED) is 0.584. The molecule has 5 rings (SSSR count). The molecule has 2 atom stereocenters. The zero-order valence-corrected chi connectivity index (χ0v) is 19.2. The molecule has 0 amide bonds. The molecule has 1 saturated carbocycles. The Morgan fingerprint density at radius 3 is 2.38 bits per heavy atom. The maximum Gasteiger partial charge on any atom is 0.420 e. The van der Waals surface area contributed by atoms with E-state index in [1.807, 2.05) is 0 Å². The lowest BCUT2D eigenvalue weighted by Crippen LogP contribution is -2.45. The second-order valence-corrected chi connectivity index (χ2v) is 10.0. The number of pyridine rings is 2.